The number of fused-ring (bicyclic) bond motifs is 1. The molecule has 0 bridgehead atoms. The Morgan fingerprint density at radius 3 is 2.55 bits per heavy atom. The molecule has 3 rings (SSSR count). The largest absolute Gasteiger partial charge is 0.481 e. The number of carboxylic acids is 1. The fourth-order valence-corrected chi connectivity index (χ4v) is 3.85. The number of carboxylic acid groups (broad SMARTS) is 1. The number of ketones is 1. The Morgan fingerprint density at radius 2 is 1.91 bits per heavy atom. The van der Waals surface area contributed by atoms with E-state index in [1.54, 1.807) is 28.8 Å². The van der Waals surface area contributed by atoms with Gasteiger partial charge in [-0.2, -0.15) is 0 Å². The maximum absolute atomic E-state index is 12.8. The predicted octanol–water partition coefficient (Wildman–Crippen LogP) is 4.36. The van der Waals surface area contributed by atoms with Crippen molar-refractivity contribution in [3.05, 3.63) is 55.7 Å². The van der Waals surface area contributed by atoms with Gasteiger partial charge in [-0.3, -0.25) is 9.59 Å². The van der Waals surface area contributed by atoms with E-state index in [4.69, 9.17) is 23.2 Å². The molecule has 114 valence electrons. The first-order chi connectivity index (χ1) is 10.4. The summed E-state index contributed by atoms with van der Waals surface area (Å²) in [6.07, 6.45) is 0.401. The quantitative estimate of drug-likeness (QED) is 0.776. The standard InChI is InChI=1S/C15H10BrCl2NO3/c16-9-4-2-1-3-7(9)14(20)13-11(18)10(17)12-8(15(21)22)5-6-19(12)13/h1-4,8H,5-6H2,(H,21,22). The van der Waals surface area contributed by atoms with Crippen LogP contribution in [0, 0.1) is 0 Å². The first-order valence-corrected chi connectivity index (χ1v) is 8.07. The smallest absolute Gasteiger partial charge is 0.312 e. The number of carbonyl (C=O) groups is 2. The van der Waals surface area contributed by atoms with E-state index in [1.807, 2.05) is 0 Å². The van der Waals surface area contributed by atoms with Crippen molar-refractivity contribution in [3.8, 4) is 0 Å². The topological polar surface area (TPSA) is 59.3 Å². The highest BCUT2D eigenvalue weighted by Gasteiger charge is 2.37. The summed E-state index contributed by atoms with van der Waals surface area (Å²) in [6.45, 7) is 0.407. The maximum atomic E-state index is 12.8. The average Bonchev–Trinajstić information content (AvgIpc) is 3.00. The molecule has 0 radical (unpaired) electrons. The zero-order valence-corrected chi connectivity index (χ0v) is 14.2. The molecular formula is C15H10BrCl2NO3. The van der Waals surface area contributed by atoms with Gasteiger partial charge in [0.2, 0.25) is 5.78 Å². The molecular weight excluding hydrogens is 393 g/mol. The zero-order chi connectivity index (χ0) is 16.0. The molecule has 1 unspecified atom stereocenters. The molecule has 2 aromatic rings. The first-order valence-electron chi connectivity index (χ1n) is 6.53. The minimum absolute atomic E-state index is 0.114. The van der Waals surface area contributed by atoms with Crippen molar-refractivity contribution < 1.29 is 14.7 Å². The van der Waals surface area contributed by atoms with Crippen molar-refractivity contribution in [2.75, 3.05) is 0 Å². The van der Waals surface area contributed by atoms with Gasteiger partial charge in [-0.15, -0.1) is 0 Å². The van der Waals surface area contributed by atoms with E-state index in [-0.39, 0.29) is 21.5 Å². The van der Waals surface area contributed by atoms with Crippen molar-refractivity contribution in [1.29, 1.82) is 0 Å². The van der Waals surface area contributed by atoms with Crippen molar-refractivity contribution in [1.82, 2.24) is 4.57 Å². The number of carbonyl (C=O) groups excluding carboxylic acids is 1. The summed E-state index contributed by atoms with van der Waals surface area (Å²) in [7, 11) is 0. The number of halogens is 3. The van der Waals surface area contributed by atoms with Crippen LogP contribution in [0.5, 0.6) is 0 Å². The van der Waals surface area contributed by atoms with Crippen LogP contribution >= 0.6 is 39.1 Å². The van der Waals surface area contributed by atoms with Gasteiger partial charge >= 0.3 is 5.97 Å². The first kappa shape index (κ1) is 15.6. The second-order valence-electron chi connectivity index (χ2n) is 5.00. The average molecular weight is 403 g/mol. The SMILES string of the molecule is O=C(c1ccccc1Br)c1c(Cl)c(Cl)c2n1CCC2C(=O)O. The van der Waals surface area contributed by atoms with E-state index in [2.05, 4.69) is 15.9 Å². The van der Waals surface area contributed by atoms with Gasteiger partial charge in [0.15, 0.2) is 0 Å². The lowest BCUT2D eigenvalue weighted by molar-refractivity contribution is -0.138. The summed E-state index contributed by atoms with van der Waals surface area (Å²) < 4.78 is 2.28. The molecule has 1 aromatic heterocycles. The summed E-state index contributed by atoms with van der Waals surface area (Å²) in [6, 6.07) is 7.00. The van der Waals surface area contributed by atoms with Crippen LogP contribution in [-0.2, 0) is 11.3 Å². The van der Waals surface area contributed by atoms with E-state index >= 15 is 0 Å². The lowest BCUT2D eigenvalue weighted by Crippen LogP contribution is -2.10. The van der Waals surface area contributed by atoms with E-state index in [1.165, 1.54) is 0 Å². The maximum Gasteiger partial charge on any atom is 0.312 e. The molecule has 1 aliphatic rings. The predicted molar refractivity (Wildman–Crippen MR) is 87.0 cm³/mol. The molecule has 4 nitrogen and oxygen atoms in total. The number of hydrogen-bond acceptors (Lipinski definition) is 2. The van der Waals surface area contributed by atoms with Crippen molar-refractivity contribution in [2.24, 2.45) is 0 Å². The minimum atomic E-state index is -0.963. The summed E-state index contributed by atoms with van der Waals surface area (Å²) in [5, 5.41) is 9.55. The molecule has 1 atom stereocenters. The lowest BCUT2D eigenvalue weighted by atomic mass is 10.1. The molecule has 0 fully saturated rings. The molecule has 0 amide bonds. The molecule has 1 aliphatic heterocycles. The molecule has 1 N–H and O–H groups in total. The summed E-state index contributed by atoms with van der Waals surface area (Å²) in [5.74, 6) is -1.97. The van der Waals surface area contributed by atoms with Gasteiger partial charge in [-0.1, -0.05) is 51.3 Å². The van der Waals surface area contributed by atoms with Crippen molar-refractivity contribution in [3.63, 3.8) is 0 Å². The number of nitrogens with zero attached hydrogens (tertiary/aromatic N) is 1. The zero-order valence-electron chi connectivity index (χ0n) is 11.1. The van der Waals surface area contributed by atoms with E-state index < -0.39 is 11.9 Å². The number of benzene rings is 1. The molecule has 0 saturated heterocycles. The Bertz CT molecular complexity index is 800. The molecule has 0 aliphatic carbocycles. The van der Waals surface area contributed by atoms with Gasteiger partial charge in [0.25, 0.3) is 0 Å². The van der Waals surface area contributed by atoms with Gasteiger partial charge in [0, 0.05) is 16.6 Å². The number of aliphatic carboxylic acids is 1. The summed E-state index contributed by atoms with van der Waals surface area (Å²) in [4.78, 5) is 24.1. The highest BCUT2D eigenvalue weighted by atomic mass is 79.9. The van der Waals surface area contributed by atoms with Crippen molar-refractivity contribution >= 4 is 50.9 Å². The van der Waals surface area contributed by atoms with E-state index in [0.717, 1.165) is 0 Å². The van der Waals surface area contributed by atoms with Crippen LogP contribution in [0.2, 0.25) is 10.0 Å². The lowest BCUT2D eigenvalue weighted by Gasteiger charge is -2.07. The summed E-state index contributed by atoms with van der Waals surface area (Å²) in [5.41, 5.74) is 1.12. The third kappa shape index (κ3) is 2.28. The Hall–Kier alpha value is -1.30. The number of hydrogen-bond donors (Lipinski definition) is 1. The van der Waals surface area contributed by atoms with Crippen LogP contribution in [-0.4, -0.2) is 21.4 Å². The van der Waals surface area contributed by atoms with Crippen LogP contribution in [0.3, 0.4) is 0 Å². The number of aromatic nitrogens is 1. The minimum Gasteiger partial charge on any atom is -0.481 e. The summed E-state index contributed by atoms with van der Waals surface area (Å²) >= 11 is 15.7. The fourth-order valence-electron chi connectivity index (χ4n) is 2.78. The van der Waals surface area contributed by atoms with Gasteiger partial charge < -0.3 is 9.67 Å². The van der Waals surface area contributed by atoms with Crippen molar-refractivity contribution in [2.45, 2.75) is 18.9 Å². The van der Waals surface area contributed by atoms with E-state index in [0.29, 0.717) is 28.7 Å². The fraction of sp³-hybridized carbons (Fsp3) is 0.200. The van der Waals surface area contributed by atoms with Gasteiger partial charge in [-0.25, -0.2) is 0 Å². The molecule has 1 aromatic carbocycles. The molecule has 22 heavy (non-hydrogen) atoms. The van der Waals surface area contributed by atoms with Crippen LogP contribution in [0.25, 0.3) is 0 Å². The number of rotatable bonds is 3. The molecule has 0 spiro atoms. The van der Waals surface area contributed by atoms with Gasteiger partial charge in [0.1, 0.15) is 11.6 Å². The second kappa shape index (κ2) is 5.72. The Labute approximate surface area is 144 Å². The van der Waals surface area contributed by atoms with Gasteiger partial charge in [0.05, 0.1) is 15.7 Å². The normalized spacial score (nSPS) is 16.6. The second-order valence-corrected chi connectivity index (χ2v) is 6.61. The Balaban J connectivity index is 2.16. The van der Waals surface area contributed by atoms with E-state index in [9.17, 15) is 14.7 Å². The third-order valence-corrected chi connectivity index (χ3v) is 5.33. The van der Waals surface area contributed by atoms with Crippen LogP contribution in [0.15, 0.2) is 28.7 Å². The van der Waals surface area contributed by atoms with Crippen LogP contribution in [0.4, 0.5) is 0 Å². The molecule has 0 saturated carbocycles. The highest BCUT2D eigenvalue weighted by Crippen LogP contribution is 2.43. The highest BCUT2D eigenvalue weighted by molar-refractivity contribution is 9.10. The Kier molecular flexibility index (Phi) is 4.05. The molecule has 2 heterocycles. The Morgan fingerprint density at radius 1 is 1.23 bits per heavy atom. The molecule has 7 heteroatoms. The monoisotopic (exact) mass is 401 g/mol. The van der Waals surface area contributed by atoms with Gasteiger partial charge in [-0.05, 0) is 18.6 Å². The third-order valence-electron chi connectivity index (χ3n) is 3.79. The van der Waals surface area contributed by atoms with Crippen LogP contribution < -0.4 is 0 Å². The van der Waals surface area contributed by atoms with Crippen LogP contribution in [0.1, 0.15) is 34.1 Å².